The average molecular weight is 564 g/mol. The molecule has 2 amide bonds. The normalized spacial score (nSPS) is 14.1. The van der Waals surface area contributed by atoms with Gasteiger partial charge in [0.25, 0.3) is 5.91 Å². The first-order chi connectivity index (χ1) is 20.0. The first kappa shape index (κ1) is 32.3. The SMILES string of the molecule is CCCCCCCCCCCCNC(=O)c1ccc(CN(C(=O)C(=O)O)C2CCN(Cc3ccccc3)CC2)cc1. The zero-order valence-corrected chi connectivity index (χ0v) is 24.9. The molecule has 0 unspecified atom stereocenters. The highest BCUT2D eigenvalue weighted by atomic mass is 16.4. The van der Waals surface area contributed by atoms with E-state index < -0.39 is 11.9 Å². The number of carbonyl (C=O) groups is 3. The van der Waals surface area contributed by atoms with Gasteiger partial charge in [-0.1, -0.05) is 107 Å². The molecule has 41 heavy (non-hydrogen) atoms. The van der Waals surface area contributed by atoms with Gasteiger partial charge in [0.05, 0.1) is 0 Å². The Morgan fingerprint density at radius 3 is 1.98 bits per heavy atom. The van der Waals surface area contributed by atoms with Crippen molar-refractivity contribution in [3.05, 3.63) is 71.3 Å². The van der Waals surface area contributed by atoms with Gasteiger partial charge in [0.1, 0.15) is 0 Å². The molecule has 3 rings (SSSR count). The van der Waals surface area contributed by atoms with E-state index in [2.05, 4.69) is 29.3 Å². The minimum atomic E-state index is -1.43. The third kappa shape index (κ3) is 11.7. The Hall–Kier alpha value is -3.19. The molecule has 0 spiro atoms. The molecule has 1 aliphatic heterocycles. The molecule has 7 heteroatoms. The van der Waals surface area contributed by atoms with Gasteiger partial charge in [0, 0.05) is 44.3 Å². The molecule has 1 saturated heterocycles. The Morgan fingerprint density at radius 1 is 0.805 bits per heavy atom. The van der Waals surface area contributed by atoms with Crippen LogP contribution in [0.4, 0.5) is 0 Å². The van der Waals surface area contributed by atoms with E-state index in [9.17, 15) is 19.5 Å². The maximum Gasteiger partial charge on any atom is 0.394 e. The molecule has 0 radical (unpaired) electrons. The third-order valence-corrected chi connectivity index (χ3v) is 8.08. The van der Waals surface area contributed by atoms with E-state index in [1.54, 1.807) is 12.1 Å². The molecule has 0 bridgehead atoms. The molecule has 0 saturated carbocycles. The number of unbranched alkanes of at least 4 members (excludes halogenated alkanes) is 9. The van der Waals surface area contributed by atoms with Crippen LogP contribution in [0.5, 0.6) is 0 Å². The summed E-state index contributed by atoms with van der Waals surface area (Å²) in [6, 6.07) is 17.3. The maximum absolute atomic E-state index is 12.6. The predicted molar refractivity (Wildman–Crippen MR) is 164 cm³/mol. The highest BCUT2D eigenvalue weighted by molar-refractivity contribution is 6.31. The Labute approximate surface area is 246 Å². The van der Waals surface area contributed by atoms with Gasteiger partial charge in [-0.25, -0.2) is 4.79 Å². The van der Waals surface area contributed by atoms with Crippen LogP contribution < -0.4 is 5.32 Å². The number of likely N-dealkylation sites (tertiary alicyclic amines) is 1. The van der Waals surface area contributed by atoms with Crippen LogP contribution in [0.1, 0.15) is 105 Å². The molecule has 2 aromatic rings. The smallest absolute Gasteiger partial charge is 0.394 e. The number of carboxylic acids is 1. The molecule has 0 atom stereocenters. The number of benzene rings is 2. The summed E-state index contributed by atoms with van der Waals surface area (Å²) < 4.78 is 0. The Bertz CT molecular complexity index is 1050. The van der Waals surface area contributed by atoms with Crippen LogP contribution in [-0.2, 0) is 22.7 Å². The molecule has 0 aliphatic carbocycles. The van der Waals surface area contributed by atoms with E-state index in [1.807, 2.05) is 30.3 Å². The second-order valence-electron chi connectivity index (χ2n) is 11.4. The Morgan fingerprint density at radius 2 is 1.39 bits per heavy atom. The van der Waals surface area contributed by atoms with E-state index in [1.165, 1.54) is 61.8 Å². The second kappa shape index (κ2) is 18.3. The van der Waals surface area contributed by atoms with Crippen molar-refractivity contribution in [1.82, 2.24) is 15.1 Å². The summed E-state index contributed by atoms with van der Waals surface area (Å²) in [6.45, 7) is 5.59. The van der Waals surface area contributed by atoms with Gasteiger partial charge >= 0.3 is 11.9 Å². The summed E-state index contributed by atoms with van der Waals surface area (Å²) >= 11 is 0. The summed E-state index contributed by atoms with van der Waals surface area (Å²) in [6.07, 6.45) is 14.1. The second-order valence-corrected chi connectivity index (χ2v) is 11.4. The Kier molecular flexibility index (Phi) is 14.4. The van der Waals surface area contributed by atoms with E-state index in [-0.39, 0.29) is 18.5 Å². The van der Waals surface area contributed by atoms with Crippen molar-refractivity contribution in [2.24, 2.45) is 0 Å². The highest BCUT2D eigenvalue weighted by Crippen LogP contribution is 2.21. The fraction of sp³-hybridized carbons (Fsp3) is 0.559. The average Bonchev–Trinajstić information content (AvgIpc) is 2.99. The largest absolute Gasteiger partial charge is 0.474 e. The fourth-order valence-corrected chi connectivity index (χ4v) is 5.59. The van der Waals surface area contributed by atoms with Crippen LogP contribution >= 0.6 is 0 Å². The quantitative estimate of drug-likeness (QED) is 0.171. The lowest BCUT2D eigenvalue weighted by molar-refractivity contribution is -0.158. The number of hydrogen-bond donors (Lipinski definition) is 2. The zero-order valence-electron chi connectivity index (χ0n) is 24.9. The van der Waals surface area contributed by atoms with E-state index in [0.717, 1.165) is 50.9 Å². The van der Waals surface area contributed by atoms with Crippen molar-refractivity contribution in [1.29, 1.82) is 0 Å². The van der Waals surface area contributed by atoms with Gasteiger partial charge in [-0.15, -0.1) is 0 Å². The molecular formula is C34H49N3O4. The first-order valence-corrected chi connectivity index (χ1v) is 15.6. The molecule has 7 nitrogen and oxygen atoms in total. The number of aliphatic carboxylic acids is 1. The number of carbonyl (C=O) groups excluding carboxylic acids is 2. The summed E-state index contributed by atoms with van der Waals surface area (Å²) in [5, 5.41) is 12.5. The zero-order chi connectivity index (χ0) is 29.3. The number of carboxylic acid groups (broad SMARTS) is 1. The van der Waals surface area contributed by atoms with Crippen molar-refractivity contribution in [3.8, 4) is 0 Å². The third-order valence-electron chi connectivity index (χ3n) is 8.08. The lowest BCUT2D eigenvalue weighted by Gasteiger charge is -2.38. The minimum Gasteiger partial charge on any atom is -0.474 e. The minimum absolute atomic E-state index is 0.100. The van der Waals surface area contributed by atoms with Gasteiger partial charge in [0.2, 0.25) is 0 Å². The molecule has 1 aliphatic rings. The summed E-state index contributed by atoms with van der Waals surface area (Å²) in [7, 11) is 0. The topological polar surface area (TPSA) is 90.0 Å². The van der Waals surface area contributed by atoms with Gasteiger partial charge in [-0.2, -0.15) is 0 Å². The molecule has 2 N–H and O–H groups in total. The summed E-state index contributed by atoms with van der Waals surface area (Å²) in [5.74, 6) is -2.40. The molecule has 2 aromatic carbocycles. The standard InChI is InChI=1S/C34H49N3O4/c1-2-3-4-5-6-7-8-9-10-14-23-35-32(38)30-19-17-29(18-20-30)27-37(33(39)34(40)41)31-21-24-36(25-22-31)26-28-15-12-11-13-16-28/h11-13,15-20,31H,2-10,14,21-27H2,1H3,(H,35,38)(H,40,41). The van der Waals surface area contributed by atoms with Crippen molar-refractivity contribution in [2.45, 2.75) is 103 Å². The highest BCUT2D eigenvalue weighted by Gasteiger charge is 2.31. The van der Waals surface area contributed by atoms with Crippen LogP contribution in [0.25, 0.3) is 0 Å². The number of hydrogen-bond acceptors (Lipinski definition) is 4. The van der Waals surface area contributed by atoms with Gasteiger partial charge < -0.3 is 15.3 Å². The van der Waals surface area contributed by atoms with Crippen LogP contribution in [0.3, 0.4) is 0 Å². The number of rotatable bonds is 17. The number of nitrogens with one attached hydrogen (secondary N) is 1. The molecular weight excluding hydrogens is 514 g/mol. The number of piperidine rings is 1. The van der Waals surface area contributed by atoms with Crippen molar-refractivity contribution >= 4 is 17.8 Å². The van der Waals surface area contributed by atoms with Crippen molar-refractivity contribution in [3.63, 3.8) is 0 Å². The Balaban J connectivity index is 1.40. The fourth-order valence-electron chi connectivity index (χ4n) is 5.59. The van der Waals surface area contributed by atoms with Crippen LogP contribution in [0.15, 0.2) is 54.6 Å². The number of amides is 2. The van der Waals surface area contributed by atoms with Gasteiger partial charge in [-0.3, -0.25) is 14.5 Å². The molecule has 224 valence electrons. The molecule has 1 heterocycles. The molecule has 1 fully saturated rings. The monoisotopic (exact) mass is 563 g/mol. The van der Waals surface area contributed by atoms with Crippen molar-refractivity contribution in [2.75, 3.05) is 19.6 Å². The van der Waals surface area contributed by atoms with Crippen LogP contribution in [-0.4, -0.2) is 58.4 Å². The summed E-state index contributed by atoms with van der Waals surface area (Å²) in [4.78, 5) is 40.7. The van der Waals surface area contributed by atoms with E-state index in [4.69, 9.17) is 0 Å². The maximum atomic E-state index is 12.6. The van der Waals surface area contributed by atoms with Gasteiger partial charge in [-0.05, 0) is 42.5 Å². The van der Waals surface area contributed by atoms with E-state index in [0.29, 0.717) is 12.1 Å². The molecule has 0 aromatic heterocycles. The predicted octanol–water partition coefficient (Wildman–Crippen LogP) is 6.42. The number of nitrogens with zero attached hydrogens (tertiary/aromatic N) is 2. The van der Waals surface area contributed by atoms with Gasteiger partial charge in [0.15, 0.2) is 0 Å². The van der Waals surface area contributed by atoms with Crippen molar-refractivity contribution < 1.29 is 19.5 Å². The first-order valence-electron chi connectivity index (χ1n) is 15.6. The van der Waals surface area contributed by atoms with E-state index >= 15 is 0 Å². The van der Waals surface area contributed by atoms with Crippen LogP contribution in [0, 0.1) is 0 Å². The van der Waals surface area contributed by atoms with Crippen LogP contribution in [0.2, 0.25) is 0 Å². The lowest BCUT2D eigenvalue weighted by atomic mass is 10.0. The summed E-state index contributed by atoms with van der Waals surface area (Å²) in [5.41, 5.74) is 2.64. The lowest BCUT2D eigenvalue weighted by Crippen LogP contribution is -2.48.